The van der Waals surface area contributed by atoms with Gasteiger partial charge in [-0.25, -0.2) is 13.2 Å². The number of benzene rings is 1. The van der Waals surface area contributed by atoms with E-state index in [1.165, 1.54) is 6.07 Å². The van der Waals surface area contributed by atoms with E-state index in [0.717, 1.165) is 21.9 Å². The predicted molar refractivity (Wildman–Crippen MR) is 91.6 cm³/mol. The van der Waals surface area contributed by atoms with Crippen LogP contribution in [0.15, 0.2) is 38.9 Å². The third-order valence-corrected chi connectivity index (χ3v) is 5.49. The summed E-state index contributed by atoms with van der Waals surface area (Å²) in [6.45, 7) is 3.60. The number of anilines is 1. The minimum atomic E-state index is -3.16. The number of nitrogens with one attached hydrogen (secondary N) is 1. The molecular formula is C17H17NO5S. The summed E-state index contributed by atoms with van der Waals surface area (Å²) in [6, 6.07) is 4.87. The van der Waals surface area contributed by atoms with Crippen molar-refractivity contribution in [1.82, 2.24) is 0 Å². The zero-order valence-corrected chi connectivity index (χ0v) is 14.1. The van der Waals surface area contributed by atoms with Crippen molar-refractivity contribution in [3.63, 3.8) is 0 Å². The summed E-state index contributed by atoms with van der Waals surface area (Å²) in [7, 11) is -3.16. The van der Waals surface area contributed by atoms with Crippen LogP contribution in [-0.2, 0) is 14.6 Å². The van der Waals surface area contributed by atoms with Crippen molar-refractivity contribution in [1.29, 1.82) is 0 Å². The molecule has 0 saturated carbocycles. The number of amides is 1. The summed E-state index contributed by atoms with van der Waals surface area (Å²) < 4.78 is 28.0. The van der Waals surface area contributed by atoms with E-state index in [1.54, 1.807) is 32.1 Å². The monoisotopic (exact) mass is 347 g/mol. The molecule has 6 nitrogen and oxygen atoms in total. The maximum atomic E-state index is 12.2. The molecule has 7 heteroatoms. The summed E-state index contributed by atoms with van der Waals surface area (Å²) in [5.74, 6) is -0.573. The van der Waals surface area contributed by atoms with E-state index in [1.807, 2.05) is 0 Å². The lowest BCUT2D eigenvalue weighted by Crippen LogP contribution is -2.18. The molecule has 2 aromatic rings. The average molecular weight is 347 g/mol. The molecule has 1 unspecified atom stereocenters. The molecule has 0 aliphatic carbocycles. The van der Waals surface area contributed by atoms with Gasteiger partial charge in [0.15, 0.2) is 9.84 Å². The van der Waals surface area contributed by atoms with Crippen LogP contribution in [0.1, 0.15) is 17.5 Å². The zero-order chi connectivity index (χ0) is 17.5. The molecule has 1 aromatic carbocycles. The van der Waals surface area contributed by atoms with Crippen LogP contribution in [0.3, 0.4) is 0 Å². The van der Waals surface area contributed by atoms with Crippen molar-refractivity contribution in [2.75, 3.05) is 11.1 Å². The first-order chi connectivity index (χ1) is 11.2. The number of carbonyl (C=O) groups is 1. The first-order valence-corrected chi connectivity index (χ1v) is 9.21. The highest BCUT2D eigenvalue weighted by atomic mass is 32.2. The predicted octanol–water partition coefficient (Wildman–Crippen LogP) is 2.30. The molecular weight excluding hydrogens is 330 g/mol. The van der Waals surface area contributed by atoms with Crippen LogP contribution in [0.5, 0.6) is 0 Å². The number of fused-ring (bicyclic) bond motifs is 1. The van der Waals surface area contributed by atoms with Crippen molar-refractivity contribution < 1.29 is 17.6 Å². The summed E-state index contributed by atoms with van der Waals surface area (Å²) in [5.41, 5.74) is 2.21. The van der Waals surface area contributed by atoms with Gasteiger partial charge < -0.3 is 9.73 Å². The third kappa shape index (κ3) is 3.41. The van der Waals surface area contributed by atoms with Gasteiger partial charge in [-0.15, -0.1) is 0 Å². The van der Waals surface area contributed by atoms with E-state index in [0.29, 0.717) is 11.3 Å². The molecule has 1 amide bonds. The molecule has 0 spiro atoms. The lowest BCUT2D eigenvalue weighted by molar-refractivity contribution is -0.116. The Kier molecular flexibility index (Phi) is 4.04. The summed E-state index contributed by atoms with van der Waals surface area (Å²) >= 11 is 0. The summed E-state index contributed by atoms with van der Waals surface area (Å²) in [5, 5.41) is 4.72. The van der Waals surface area contributed by atoms with Gasteiger partial charge in [-0.2, -0.15) is 0 Å². The number of carbonyl (C=O) groups excluding carboxylic acids is 1. The molecule has 1 aliphatic rings. The Bertz CT molecular complexity index is 1020. The van der Waals surface area contributed by atoms with Crippen molar-refractivity contribution in [2.24, 2.45) is 5.92 Å². The average Bonchev–Trinajstić information content (AvgIpc) is 2.79. The van der Waals surface area contributed by atoms with E-state index in [9.17, 15) is 18.0 Å². The van der Waals surface area contributed by atoms with Crippen LogP contribution < -0.4 is 10.9 Å². The van der Waals surface area contributed by atoms with Gasteiger partial charge in [0.05, 0.1) is 5.75 Å². The molecule has 1 atom stereocenters. The van der Waals surface area contributed by atoms with E-state index in [4.69, 9.17) is 4.42 Å². The van der Waals surface area contributed by atoms with Gasteiger partial charge in [0.25, 0.3) is 0 Å². The zero-order valence-electron chi connectivity index (χ0n) is 13.3. The van der Waals surface area contributed by atoms with Crippen molar-refractivity contribution in [3.8, 4) is 0 Å². The minimum absolute atomic E-state index is 0.0264. The maximum absolute atomic E-state index is 12.2. The summed E-state index contributed by atoms with van der Waals surface area (Å²) in [4.78, 5) is 23.6. The van der Waals surface area contributed by atoms with E-state index in [2.05, 4.69) is 5.32 Å². The fourth-order valence-corrected chi connectivity index (χ4v) is 4.21. The van der Waals surface area contributed by atoms with Crippen LogP contribution in [0, 0.1) is 19.8 Å². The number of rotatable bonds is 3. The maximum Gasteiger partial charge on any atom is 0.336 e. The normalized spacial score (nSPS) is 18.8. The van der Waals surface area contributed by atoms with Crippen molar-refractivity contribution in [2.45, 2.75) is 20.3 Å². The second-order valence-electron chi connectivity index (χ2n) is 6.08. The second-order valence-corrected chi connectivity index (χ2v) is 8.01. The highest BCUT2D eigenvalue weighted by Gasteiger charge is 2.24. The molecule has 0 radical (unpaired) electrons. The van der Waals surface area contributed by atoms with Crippen LogP contribution in [0.2, 0.25) is 0 Å². The number of allylic oxidation sites excluding steroid dienone is 1. The quantitative estimate of drug-likeness (QED) is 0.860. The fraction of sp³-hybridized carbons (Fsp3) is 0.294. The molecule has 1 aromatic heterocycles. The highest BCUT2D eigenvalue weighted by Crippen LogP contribution is 2.26. The Labute approximate surface area is 139 Å². The standard InChI is InChI=1S/C17H17NO5S/c1-10-6-17(20)23-15-5-11(2)14(8-13(10)15)18-16(19)7-12-3-4-24(21,22)9-12/h3-6,8,12H,7,9H2,1-2H3,(H,18,19). The highest BCUT2D eigenvalue weighted by molar-refractivity contribution is 7.94. The van der Waals surface area contributed by atoms with Gasteiger partial charge in [0.1, 0.15) is 5.58 Å². The van der Waals surface area contributed by atoms with Gasteiger partial charge in [-0.1, -0.05) is 6.08 Å². The molecule has 0 saturated heterocycles. The Morgan fingerprint density at radius 2 is 2.00 bits per heavy atom. The Hall–Kier alpha value is -2.41. The second kappa shape index (κ2) is 5.90. The molecule has 1 aliphatic heterocycles. The Morgan fingerprint density at radius 3 is 2.67 bits per heavy atom. The van der Waals surface area contributed by atoms with Crippen LogP contribution in [0.25, 0.3) is 11.0 Å². The van der Waals surface area contributed by atoms with Crippen LogP contribution >= 0.6 is 0 Å². The number of aryl methyl sites for hydroxylation is 2. The number of hydrogen-bond acceptors (Lipinski definition) is 5. The molecule has 126 valence electrons. The first kappa shape index (κ1) is 16.4. The Morgan fingerprint density at radius 1 is 1.25 bits per heavy atom. The molecule has 24 heavy (non-hydrogen) atoms. The van der Waals surface area contributed by atoms with E-state index in [-0.39, 0.29) is 24.0 Å². The summed E-state index contributed by atoms with van der Waals surface area (Å²) in [6.07, 6.45) is 1.66. The third-order valence-electron chi connectivity index (χ3n) is 4.02. The SMILES string of the molecule is Cc1cc2oc(=O)cc(C)c2cc1NC(=O)CC1C=CS(=O)(=O)C1. The lowest BCUT2D eigenvalue weighted by Gasteiger charge is -2.12. The van der Waals surface area contributed by atoms with Crippen molar-refractivity contribution >= 4 is 32.4 Å². The number of sulfone groups is 1. The fourth-order valence-electron chi connectivity index (χ4n) is 2.81. The molecule has 2 heterocycles. The van der Waals surface area contributed by atoms with Crippen LogP contribution in [0.4, 0.5) is 5.69 Å². The minimum Gasteiger partial charge on any atom is -0.423 e. The smallest absolute Gasteiger partial charge is 0.336 e. The van der Waals surface area contributed by atoms with E-state index < -0.39 is 15.5 Å². The molecule has 3 rings (SSSR count). The van der Waals surface area contributed by atoms with Crippen molar-refractivity contribution in [3.05, 3.63) is 51.2 Å². The largest absolute Gasteiger partial charge is 0.423 e. The van der Waals surface area contributed by atoms with Gasteiger partial charge in [0.2, 0.25) is 5.91 Å². The Balaban J connectivity index is 1.82. The van der Waals surface area contributed by atoms with E-state index >= 15 is 0 Å². The molecule has 0 fully saturated rings. The molecule has 0 bridgehead atoms. The van der Waals surface area contributed by atoms with Gasteiger partial charge in [-0.05, 0) is 37.1 Å². The van der Waals surface area contributed by atoms with Crippen LogP contribution in [-0.4, -0.2) is 20.1 Å². The topological polar surface area (TPSA) is 93.4 Å². The number of hydrogen-bond donors (Lipinski definition) is 1. The first-order valence-electron chi connectivity index (χ1n) is 7.49. The lowest BCUT2D eigenvalue weighted by atomic mass is 10.1. The van der Waals surface area contributed by atoms with Gasteiger partial charge in [0, 0.05) is 34.9 Å². The molecule has 1 N–H and O–H groups in total. The van der Waals surface area contributed by atoms with Gasteiger partial charge in [-0.3, -0.25) is 4.79 Å². The van der Waals surface area contributed by atoms with Gasteiger partial charge >= 0.3 is 5.63 Å².